The maximum Gasteiger partial charge on any atom is 0.251 e. The minimum Gasteiger partial charge on any atom is -0.350 e. The molecule has 2 rings (SSSR count). The predicted molar refractivity (Wildman–Crippen MR) is 96.8 cm³/mol. The number of nitrogens with one attached hydrogen (secondary N) is 1. The van der Waals surface area contributed by atoms with Gasteiger partial charge < -0.3 is 5.32 Å². The Bertz CT molecular complexity index is 861. The zero-order valence-electron chi connectivity index (χ0n) is 14.4. The number of carbonyl (C=O) groups excluding carboxylic acids is 1. The second-order valence-electron chi connectivity index (χ2n) is 5.84. The molecule has 2 aromatic rings. The Hall–Kier alpha value is -2.41. The first kappa shape index (κ1) is 18.9. The highest BCUT2D eigenvalue weighted by molar-refractivity contribution is 7.92. The van der Waals surface area contributed by atoms with E-state index in [1.807, 2.05) is 32.0 Å². The van der Waals surface area contributed by atoms with Gasteiger partial charge in [0.25, 0.3) is 5.91 Å². The van der Waals surface area contributed by atoms with Gasteiger partial charge in [0.1, 0.15) is 5.82 Å². The van der Waals surface area contributed by atoms with E-state index in [0.29, 0.717) is 5.69 Å². The zero-order chi connectivity index (χ0) is 18.6. The lowest BCUT2D eigenvalue weighted by molar-refractivity contribution is 0.0954. The lowest BCUT2D eigenvalue weighted by Crippen LogP contribution is -2.38. The molecule has 0 aliphatic heterocycles. The largest absolute Gasteiger partial charge is 0.350 e. The van der Waals surface area contributed by atoms with Gasteiger partial charge in [0, 0.05) is 12.1 Å². The number of benzene rings is 2. The van der Waals surface area contributed by atoms with Crippen LogP contribution in [0.4, 0.5) is 10.1 Å². The SMILES string of the molecule is Cc1cccc(C)c1N(CCNC(=O)c1cccc(F)c1)S(C)(=O)=O. The fraction of sp³-hybridized carbons (Fsp3) is 0.278. The summed E-state index contributed by atoms with van der Waals surface area (Å²) in [6.45, 7) is 3.87. The molecule has 0 radical (unpaired) electrons. The lowest BCUT2D eigenvalue weighted by Gasteiger charge is -2.26. The minimum atomic E-state index is -3.51. The number of carbonyl (C=O) groups is 1. The van der Waals surface area contributed by atoms with Crippen LogP contribution < -0.4 is 9.62 Å². The summed E-state index contributed by atoms with van der Waals surface area (Å²) in [5.41, 5.74) is 2.48. The number of sulfonamides is 1. The molecule has 7 heteroatoms. The van der Waals surface area contributed by atoms with Gasteiger partial charge in [-0.05, 0) is 43.2 Å². The van der Waals surface area contributed by atoms with Crippen LogP contribution in [0.25, 0.3) is 0 Å². The Morgan fingerprint density at radius 2 is 1.72 bits per heavy atom. The number of amides is 1. The molecule has 0 atom stereocenters. The standard InChI is InChI=1S/C18H21FN2O3S/c1-13-6-4-7-14(2)17(13)21(25(3,23)24)11-10-20-18(22)15-8-5-9-16(19)12-15/h4-9,12H,10-11H2,1-3H3,(H,20,22). The van der Waals surface area contributed by atoms with E-state index in [2.05, 4.69) is 5.32 Å². The van der Waals surface area contributed by atoms with Crippen molar-refractivity contribution in [2.75, 3.05) is 23.7 Å². The van der Waals surface area contributed by atoms with E-state index in [-0.39, 0.29) is 18.7 Å². The third-order valence-corrected chi connectivity index (χ3v) is 4.94. The fourth-order valence-corrected chi connectivity index (χ4v) is 3.69. The summed E-state index contributed by atoms with van der Waals surface area (Å²) in [4.78, 5) is 12.1. The highest BCUT2D eigenvalue weighted by Gasteiger charge is 2.21. The lowest BCUT2D eigenvalue weighted by atomic mass is 10.1. The van der Waals surface area contributed by atoms with Crippen molar-refractivity contribution in [2.24, 2.45) is 0 Å². The molecular formula is C18H21FN2O3S. The summed E-state index contributed by atoms with van der Waals surface area (Å²) in [6.07, 6.45) is 1.13. The molecule has 0 heterocycles. The summed E-state index contributed by atoms with van der Waals surface area (Å²) >= 11 is 0. The van der Waals surface area contributed by atoms with Crippen LogP contribution >= 0.6 is 0 Å². The molecule has 0 aromatic heterocycles. The molecule has 1 amide bonds. The van der Waals surface area contributed by atoms with Gasteiger partial charge in [-0.2, -0.15) is 0 Å². The Kier molecular flexibility index (Phi) is 5.79. The van der Waals surface area contributed by atoms with Crippen molar-refractivity contribution in [2.45, 2.75) is 13.8 Å². The molecule has 2 aromatic carbocycles. The molecule has 0 unspecified atom stereocenters. The normalized spacial score (nSPS) is 11.2. The monoisotopic (exact) mass is 364 g/mol. The van der Waals surface area contributed by atoms with Gasteiger partial charge in [0.2, 0.25) is 10.0 Å². The van der Waals surface area contributed by atoms with Crippen LogP contribution in [0, 0.1) is 19.7 Å². The van der Waals surface area contributed by atoms with Gasteiger partial charge >= 0.3 is 0 Å². The van der Waals surface area contributed by atoms with E-state index in [9.17, 15) is 17.6 Å². The maximum atomic E-state index is 13.2. The van der Waals surface area contributed by atoms with E-state index in [0.717, 1.165) is 23.4 Å². The van der Waals surface area contributed by atoms with Gasteiger partial charge in [-0.25, -0.2) is 12.8 Å². The van der Waals surface area contributed by atoms with Crippen LogP contribution in [-0.2, 0) is 10.0 Å². The zero-order valence-corrected chi connectivity index (χ0v) is 15.2. The number of aryl methyl sites for hydroxylation is 2. The molecule has 0 bridgehead atoms. The van der Waals surface area contributed by atoms with Gasteiger partial charge in [-0.3, -0.25) is 9.10 Å². The maximum absolute atomic E-state index is 13.2. The van der Waals surface area contributed by atoms with E-state index in [4.69, 9.17) is 0 Å². The molecule has 25 heavy (non-hydrogen) atoms. The Morgan fingerprint density at radius 3 is 2.28 bits per heavy atom. The summed E-state index contributed by atoms with van der Waals surface area (Å²) in [5.74, 6) is -0.949. The molecule has 0 saturated heterocycles. The first-order valence-electron chi connectivity index (χ1n) is 7.78. The number of hydrogen-bond donors (Lipinski definition) is 1. The first-order chi connectivity index (χ1) is 11.7. The van der Waals surface area contributed by atoms with Crippen molar-refractivity contribution in [3.63, 3.8) is 0 Å². The quantitative estimate of drug-likeness (QED) is 0.857. The summed E-state index contributed by atoms with van der Waals surface area (Å²) in [5, 5.41) is 2.63. The number of nitrogens with zero attached hydrogens (tertiary/aromatic N) is 1. The predicted octanol–water partition coefficient (Wildman–Crippen LogP) is 2.64. The Balaban J connectivity index is 2.13. The summed E-state index contributed by atoms with van der Waals surface area (Å²) in [6, 6.07) is 10.9. The topological polar surface area (TPSA) is 66.5 Å². The average molecular weight is 364 g/mol. The average Bonchev–Trinajstić information content (AvgIpc) is 2.52. The molecule has 0 fully saturated rings. The Labute approximate surface area is 147 Å². The molecule has 0 aliphatic carbocycles. The third-order valence-electron chi connectivity index (χ3n) is 3.78. The van der Waals surface area contributed by atoms with Crippen molar-refractivity contribution in [1.82, 2.24) is 5.32 Å². The first-order valence-corrected chi connectivity index (χ1v) is 9.62. The van der Waals surface area contributed by atoms with Crippen molar-refractivity contribution < 1.29 is 17.6 Å². The van der Waals surface area contributed by atoms with Crippen molar-refractivity contribution in [3.8, 4) is 0 Å². The van der Waals surface area contributed by atoms with E-state index in [1.165, 1.54) is 22.5 Å². The second-order valence-corrected chi connectivity index (χ2v) is 7.75. The number of hydrogen-bond acceptors (Lipinski definition) is 3. The summed E-state index contributed by atoms with van der Waals surface area (Å²) in [7, 11) is -3.51. The number of anilines is 1. The van der Waals surface area contributed by atoms with Gasteiger partial charge in [-0.1, -0.05) is 24.3 Å². The highest BCUT2D eigenvalue weighted by atomic mass is 32.2. The molecule has 1 N–H and O–H groups in total. The van der Waals surface area contributed by atoms with Crippen LogP contribution in [0.5, 0.6) is 0 Å². The number of halogens is 1. The van der Waals surface area contributed by atoms with Crippen molar-refractivity contribution >= 4 is 21.6 Å². The highest BCUT2D eigenvalue weighted by Crippen LogP contribution is 2.26. The van der Waals surface area contributed by atoms with Crippen LogP contribution in [0.2, 0.25) is 0 Å². The third kappa shape index (κ3) is 4.79. The van der Waals surface area contributed by atoms with Crippen LogP contribution in [0.3, 0.4) is 0 Å². The van der Waals surface area contributed by atoms with E-state index in [1.54, 1.807) is 0 Å². The van der Waals surface area contributed by atoms with Crippen LogP contribution in [-0.4, -0.2) is 33.7 Å². The van der Waals surface area contributed by atoms with E-state index >= 15 is 0 Å². The molecular weight excluding hydrogens is 343 g/mol. The van der Waals surface area contributed by atoms with Crippen LogP contribution in [0.1, 0.15) is 21.5 Å². The van der Waals surface area contributed by atoms with Gasteiger partial charge in [-0.15, -0.1) is 0 Å². The smallest absolute Gasteiger partial charge is 0.251 e. The molecule has 134 valence electrons. The molecule has 5 nitrogen and oxygen atoms in total. The second kappa shape index (κ2) is 7.65. The minimum absolute atomic E-state index is 0.0889. The van der Waals surface area contributed by atoms with Crippen LogP contribution in [0.15, 0.2) is 42.5 Å². The molecule has 0 spiro atoms. The van der Waals surface area contributed by atoms with E-state index < -0.39 is 21.7 Å². The van der Waals surface area contributed by atoms with Gasteiger partial charge in [0.05, 0.1) is 18.5 Å². The van der Waals surface area contributed by atoms with Crippen molar-refractivity contribution in [1.29, 1.82) is 0 Å². The van der Waals surface area contributed by atoms with Gasteiger partial charge in [0.15, 0.2) is 0 Å². The fourth-order valence-electron chi connectivity index (χ4n) is 2.65. The number of para-hydroxylation sites is 1. The Morgan fingerprint density at radius 1 is 1.12 bits per heavy atom. The molecule has 0 aliphatic rings. The number of rotatable bonds is 6. The molecule has 0 saturated carbocycles. The summed E-state index contributed by atoms with van der Waals surface area (Å²) < 4.78 is 38.8. The van der Waals surface area contributed by atoms with Crippen molar-refractivity contribution in [3.05, 3.63) is 65.0 Å².